The van der Waals surface area contributed by atoms with E-state index in [0.29, 0.717) is 44.9 Å². The van der Waals surface area contributed by atoms with Gasteiger partial charge in [-0.05, 0) is 19.8 Å². The van der Waals surface area contributed by atoms with Gasteiger partial charge in [0.2, 0.25) is 5.91 Å². The summed E-state index contributed by atoms with van der Waals surface area (Å²) in [5, 5.41) is 6.16. The maximum Gasteiger partial charge on any atom is 0.313 e. The number of nitrogens with one attached hydrogen (secondary N) is 1. The Bertz CT molecular complexity index is 689. The van der Waals surface area contributed by atoms with Crippen molar-refractivity contribution in [2.45, 2.75) is 39.0 Å². The normalized spacial score (nSPS) is 18.9. The summed E-state index contributed by atoms with van der Waals surface area (Å²) in [6, 6.07) is 1.57. The second-order valence-corrected chi connectivity index (χ2v) is 7.10. The molecule has 1 saturated carbocycles. The molecule has 2 heterocycles. The van der Waals surface area contributed by atoms with Gasteiger partial charge in [0, 0.05) is 25.6 Å². The van der Waals surface area contributed by atoms with Gasteiger partial charge in [0.1, 0.15) is 5.76 Å². The predicted molar refractivity (Wildman–Crippen MR) is 93.7 cm³/mol. The monoisotopic (exact) mass is 379 g/mol. The smallest absolute Gasteiger partial charge is 0.313 e. The zero-order valence-electron chi connectivity index (χ0n) is 15.5. The van der Waals surface area contributed by atoms with Crippen molar-refractivity contribution in [2.24, 2.45) is 5.41 Å². The molecule has 9 nitrogen and oxygen atoms in total. The highest BCUT2D eigenvalue weighted by Gasteiger charge is 2.45. The predicted octanol–water partition coefficient (Wildman–Crippen LogP) is 1.27. The number of ether oxygens (including phenoxy) is 2. The van der Waals surface area contributed by atoms with Crippen LogP contribution < -0.4 is 5.32 Å². The largest absolute Gasteiger partial charge is 0.455 e. The molecular weight excluding hydrogens is 354 g/mol. The van der Waals surface area contributed by atoms with Crippen LogP contribution in [0.1, 0.15) is 37.9 Å². The molecule has 1 N–H and O–H groups in total. The van der Waals surface area contributed by atoms with Gasteiger partial charge in [-0.15, -0.1) is 0 Å². The van der Waals surface area contributed by atoms with Crippen molar-refractivity contribution >= 4 is 23.6 Å². The molecule has 3 rings (SSSR count). The first-order valence-corrected chi connectivity index (χ1v) is 9.24. The van der Waals surface area contributed by atoms with E-state index in [4.69, 9.17) is 14.0 Å². The first-order chi connectivity index (χ1) is 13.0. The number of morpholine rings is 1. The summed E-state index contributed by atoms with van der Waals surface area (Å²) >= 11 is 0. The third kappa shape index (κ3) is 4.85. The molecule has 1 saturated heterocycles. The number of esters is 1. The standard InChI is InChI=1S/C18H25N3O6/c1-13-10-14(20-27-13)19-15(22)12-26-17(24)18(4-2-3-5-18)11-16(23)21-6-8-25-9-7-21/h10H,2-9,11-12H2,1H3,(H,19,20,22). The Kier molecular flexibility index (Phi) is 6.10. The Morgan fingerprint density at radius 3 is 2.59 bits per heavy atom. The lowest BCUT2D eigenvalue weighted by atomic mass is 9.82. The minimum atomic E-state index is -0.833. The third-order valence-electron chi connectivity index (χ3n) is 5.08. The zero-order chi connectivity index (χ0) is 19.3. The van der Waals surface area contributed by atoms with E-state index in [1.54, 1.807) is 17.9 Å². The van der Waals surface area contributed by atoms with E-state index in [-0.39, 0.29) is 18.1 Å². The molecule has 1 aliphatic carbocycles. The van der Waals surface area contributed by atoms with Crippen molar-refractivity contribution in [3.63, 3.8) is 0 Å². The van der Waals surface area contributed by atoms with Crippen LogP contribution in [-0.2, 0) is 23.9 Å². The summed E-state index contributed by atoms with van der Waals surface area (Å²) in [4.78, 5) is 39.0. The van der Waals surface area contributed by atoms with Crippen molar-refractivity contribution in [3.05, 3.63) is 11.8 Å². The Hall–Kier alpha value is -2.42. The number of anilines is 1. The van der Waals surface area contributed by atoms with Crippen molar-refractivity contribution in [1.82, 2.24) is 10.1 Å². The number of carbonyl (C=O) groups excluding carboxylic acids is 3. The van der Waals surface area contributed by atoms with Gasteiger partial charge in [-0.3, -0.25) is 14.4 Å². The number of rotatable bonds is 6. The van der Waals surface area contributed by atoms with Gasteiger partial charge in [-0.25, -0.2) is 0 Å². The Balaban J connectivity index is 1.54. The van der Waals surface area contributed by atoms with Gasteiger partial charge in [0.05, 0.1) is 18.6 Å². The van der Waals surface area contributed by atoms with Crippen molar-refractivity contribution in [2.75, 3.05) is 38.2 Å². The average Bonchev–Trinajstić information content (AvgIpc) is 3.30. The van der Waals surface area contributed by atoms with E-state index < -0.39 is 23.9 Å². The molecule has 1 aromatic heterocycles. The SMILES string of the molecule is Cc1cc(NC(=O)COC(=O)C2(CC(=O)N3CCOCC3)CCCC2)no1. The Morgan fingerprint density at radius 1 is 1.26 bits per heavy atom. The van der Waals surface area contributed by atoms with Crippen LogP contribution in [0.25, 0.3) is 0 Å². The summed E-state index contributed by atoms with van der Waals surface area (Å²) in [7, 11) is 0. The van der Waals surface area contributed by atoms with Crippen LogP contribution in [0.2, 0.25) is 0 Å². The first-order valence-electron chi connectivity index (χ1n) is 9.24. The maximum atomic E-state index is 12.7. The fourth-order valence-corrected chi connectivity index (χ4v) is 3.61. The van der Waals surface area contributed by atoms with Crippen molar-refractivity contribution in [1.29, 1.82) is 0 Å². The molecule has 2 aliphatic rings. The minimum Gasteiger partial charge on any atom is -0.455 e. The molecule has 0 bridgehead atoms. The number of hydrogen-bond acceptors (Lipinski definition) is 7. The molecule has 0 radical (unpaired) electrons. The molecule has 0 unspecified atom stereocenters. The van der Waals surface area contributed by atoms with Crippen LogP contribution >= 0.6 is 0 Å². The molecule has 9 heteroatoms. The number of aromatic nitrogens is 1. The molecule has 0 aromatic carbocycles. The number of hydrogen-bond donors (Lipinski definition) is 1. The van der Waals surface area contributed by atoms with E-state index in [2.05, 4.69) is 10.5 Å². The molecule has 2 fully saturated rings. The fraction of sp³-hybridized carbons (Fsp3) is 0.667. The number of carbonyl (C=O) groups is 3. The molecule has 0 spiro atoms. The van der Waals surface area contributed by atoms with Crippen LogP contribution in [0, 0.1) is 12.3 Å². The van der Waals surface area contributed by atoms with Crippen LogP contribution in [-0.4, -0.2) is 60.8 Å². The highest BCUT2D eigenvalue weighted by atomic mass is 16.5. The topological polar surface area (TPSA) is 111 Å². The minimum absolute atomic E-state index is 0.0559. The molecule has 1 aromatic rings. The van der Waals surface area contributed by atoms with Crippen molar-refractivity contribution < 1.29 is 28.4 Å². The fourth-order valence-electron chi connectivity index (χ4n) is 3.61. The van der Waals surface area contributed by atoms with Gasteiger partial charge >= 0.3 is 5.97 Å². The molecule has 148 valence electrons. The summed E-state index contributed by atoms with van der Waals surface area (Å²) in [5.41, 5.74) is -0.833. The first kappa shape index (κ1) is 19.3. The van der Waals surface area contributed by atoms with Gasteiger partial charge in [0.15, 0.2) is 12.4 Å². The Labute approximate surface area is 157 Å². The molecule has 27 heavy (non-hydrogen) atoms. The summed E-state index contributed by atoms with van der Waals surface area (Å²) in [6.07, 6.45) is 3.07. The van der Waals surface area contributed by atoms with Gasteiger partial charge in [0.25, 0.3) is 5.91 Å². The van der Waals surface area contributed by atoms with Gasteiger partial charge < -0.3 is 24.2 Å². The molecule has 0 atom stereocenters. The van der Waals surface area contributed by atoms with Gasteiger partial charge in [-0.1, -0.05) is 18.0 Å². The summed E-state index contributed by atoms with van der Waals surface area (Å²) < 4.78 is 15.4. The quantitative estimate of drug-likeness (QED) is 0.741. The molecular formula is C18H25N3O6. The maximum absolute atomic E-state index is 12.7. The zero-order valence-corrected chi connectivity index (χ0v) is 15.5. The lowest BCUT2D eigenvalue weighted by Gasteiger charge is -2.31. The van der Waals surface area contributed by atoms with Crippen LogP contribution in [0.3, 0.4) is 0 Å². The highest BCUT2D eigenvalue weighted by molar-refractivity contribution is 5.93. The van der Waals surface area contributed by atoms with Crippen molar-refractivity contribution in [3.8, 4) is 0 Å². The second-order valence-electron chi connectivity index (χ2n) is 7.10. The average molecular weight is 379 g/mol. The van der Waals surface area contributed by atoms with E-state index in [9.17, 15) is 14.4 Å². The van der Waals surface area contributed by atoms with Crippen LogP contribution in [0.4, 0.5) is 5.82 Å². The highest BCUT2D eigenvalue weighted by Crippen LogP contribution is 2.42. The summed E-state index contributed by atoms with van der Waals surface area (Å²) in [6.45, 7) is 3.42. The van der Waals surface area contributed by atoms with E-state index in [1.165, 1.54) is 0 Å². The molecule has 1 aliphatic heterocycles. The molecule has 2 amide bonds. The van der Waals surface area contributed by atoms with E-state index in [1.807, 2.05) is 0 Å². The number of amides is 2. The third-order valence-corrected chi connectivity index (χ3v) is 5.08. The van der Waals surface area contributed by atoms with Crippen LogP contribution in [0.5, 0.6) is 0 Å². The van der Waals surface area contributed by atoms with E-state index >= 15 is 0 Å². The van der Waals surface area contributed by atoms with E-state index in [0.717, 1.165) is 12.8 Å². The second kappa shape index (κ2) is 8.51. The number of nitrogens with zero attached hydrogens (tertiary/aromatic N) is 2. The lowest BCUT2D eigenvalue weighted by Crippen LogP contribution is -2.44. The lowest BCUT2D eigenvalue weighted by molar-refractivity contribution is -0.161. The Morgan fingerprint density at radius 2 is 1.96 bits per heavy atom. The number of aryl methyl sites for hydroxylation is 1. The van der Waals surface area contributed by atoms with Crippen LogP contribution in [0.15, 0.2) is 10.6 Å². The summed E-state index contributed by atoms with van der Waals surface area (Å²) in [5.74, 6) is -0.197. The van der Waals surface area contributed by atoms with Gasteiger partial charge in [-0.2, -0.15) is 0 Å².